The van der Waals surface area contributed by atoms with E-state index in [0.29, 0.717) is 0 Å². The Morgan fingerprint density at radius 3 is 2.56 bits per heavy atom. The minimum absolute atomic E-state index is 0.0785. The van der Waals surface area contributed by atoms with E-state index in [2.05, 4.69) is 20.7 Å². The van der Waals surface area contributed by atoms with Gasteiger partial charge in [0.25, 0.3) is 0 Å². The van der Waals surface area contributed by atoms with E-state index in [9.17, 15) is 22.4 Å². The Labute approximate surface area is 112 Å². The second kappa shape index (κ2) is 5.75. The van der Waals surface area contributed by atoms with Crippen LogP contribution in [0.25, 0.3) is 0 Å². The highest BCUT2D eigenvalue weighted by Gasteiger charge is 2.29. The van der Waals surface area contributed by atoms with Crippen molar-refractivity contribution in [1.29, 1.82) is 0 Å². The number of hydrogen-bond donors (Lipinski definition) is 1. The van der Waals surface area contributed by atoms with Gasteiger partial charge in [0.1, 0.15) is 5.82 Å². The number of benzene rings is 1. The molecule has 0 aromatic heterocycles. The summed E-state index contributed by atoms with van der Waals surface area (Å²) in [5.74, 6) is -0.666. The van der Waals surface area contributed by atoms with Crippen molar-refractivity contribution in [3.8, 4) is 0 Å². The maximum atomic E-state index is 12.8. The Kier molecular flexibility index (Phi) is 4.80. The Balaban J connectivity index is 2.71. The molecule has 1 amide bonds. The quantitative estimate of drug-likeness (QED) is 0.805. The third-order valence-electron chi connectivity index (χ3n) is 1.60. The molecule has 0 saturated carbocycles. The van der Waals surface area contributed by atoms with Crippen LogP contribution < -0.4 is 5.32 Å². The molecule has 0 saturated heterocycles. The molecule has 0 heterocycles. The van der Waals surface area contributed by atoms with E-state index in [0.717, 1.165) is 12.1 Å². The fraction of sp³-hybridized carbons (Fsp3) is 0.222. The first-order chi connectivity index (χ1) is 8.19. The van der Waals surface area contributed by atoms with Crippen molar-refractivity contribution in [3.63, 3.8) is 0 Å². The molecule has 1 aromatic rings. The summed E-state index contributed by atoms with van der Waals surface area (Å²) in [6.07, 6.45) is -5.97. The zero-order valence-electron chi connectivity index (χ0n) is 8.45. The molecule has 0 fully saturated rings. The Morgan fingerprint density at radius 2 is 2.06 bits per heavy atom. The van der Waals surface area contributed by atoms with E-state index in [1.54, 1.807) is 0 Å². The monoisotopic (exact) mass is 349 g/mol. The first kappa shape index (κ1) is 15.0. The standard InChI is InChI=1S/C9H5BrClF4NO2/c10-5-1-4(12)2-6(11)7(5)16-8(17)18-3-9(13,14)15/h1-2H,3H2,(H,16,17). The third kappa shape index (κ3) is 4.69. The van der Waals surface area contributed by atoms with E-state index < -0.39 is 24.7 Å². The molecule has 3 nitrogen and oxygen atoms in total. The van der Waals surface area contributed by atoms with Gasteiger partial charge in [0.15, 0.2) is 6.61 Å². The Hall–Kier alpha value is -1.02. The molecule has 0 radical (unpaired) electrons. The van der Waals surface area contributed by atoms with Crippen LogP contribution in [0, 0.1) is 5.82 Å². The fourth-order valence-corrected chi connectivity index (χ4v) is 1.85. The summed E-state index contributed by atoms with van der Waals surface area (Å²) in [4.78, 5) is 11.0. The molecule has 100 valence electrons. The zero-order chi connectivity index (χ0) is 13.9. The number of alkyl halides is 3. The van der Waals surface area contributed by atoms with Crippen LogP contribution in [0.5, 0.6) is 0 Å². The summed E-state index contributed by atoms with van der Waals surface area (Å²) in [6, 6.07) is 1.89. The van der Waals surface area contributed by atoms with Crippen LogP contribution in [0.4, 0.5) is 28.0 Å². The van der Waals surface area contributed by atoms with Crippen LogP contribution in [0.2, 0.25) is 5.02 Å². The predicted molar refractivity (Wildman–Crippen MR) is 60.1 cm³/mol. The number of carbonyl (C=O) groups is 1. The van der Waals surface area contributed by atoms with E-state index in [-0.39, 0.29) is 15.2 Å². The van der Waals surface area contributed by atoms with Crippen LogP contribution in [0.3, 0.4) is 0 Å². The Morgan fingerprint density at radius 1 is 1.44 bits per heavy atom. The van der Waals surface area contributed by atoms with Crippen LogP contribution >= 0.6 is 27.5 Å². The number of hydrogen-bond acceptors (Lipinski definition) is 2. The van der Waals surface area contributed by atoms with E-state index in [4.69, 9.17) is 11.6 Å². The van der Waals surface area contributed by atoms with Crippen molar-refractivity contribution >= 4 is 39.3 Å². The topological polar surface area (TPSA) is 38.3 Å². The summed E-state index contributed by atoms with van der Waals surface area (Å²) in [5.41, 5.74) is -0.0785. The maximum Gasteiger partial charge on any atom is 0.422 e. The van der Waals surface area contributed by atoms with Gasteiger partial charge in [-0.05, 0) is 28.1 Å². The Bertz CT molecular complexity index is 443. The summed E-state index contributed by atoms with van der Waals surface area (Å²) in [6.45, 7) is -1.73. The van der Waals surface area contributed by atoms with Crippen LogP contribution in [-0.4, -0.2) is 18.9 Å². The first-order valence-corrected chi connectivity index (χ1v) is 5.51. The van der Waals surface area contributed by atoms with Crippen LogP contribution in [-0.2, 0) is 4.74 Å². The molecule has 0 aliphatic heterocycles. The lowest BCUT2D eigenvalue weighted by atomic mass is 10.3. The SMILES string of the molecule is O=C(Nc1c(Cl)cc(F)cc1Br)OCC(F)(F)F. The number of halogens is 6. The molecule has 18 heavy (non-hydrogen) atoms. The average Bonchev–Trinajstić information content (AvgIpc) is 2.19. The molecule has 1 rings (SSSR count). The van der Waals surface area contributed by atoms with E-state index in [1.165, 1.54) is 0 Å². The average molecular weight is 350 g/mol. The van der Waals surface area contributed by atoms with Crippen molar-refractivity contribution in [2.24, 2.45) is 0 Å². The normalized spacial score (nSPS) is 11.2. The van der Waals surface area contributed by atoms with Gasteiger partial charge >= 0.3 is 12.3 Å². The molecule has 1 aromatic carbocycles. The van der Waals surface area contributed by atoms with Gasteiger partial charge in [0.2, 0.25) is 0 Å². The highest BCUT2D eigenvalue weighted by Crippen LogP contribution is 2.31. The molecule has 0 aliphatic rings. The molecular weight excluding hydrogens is 345 g/mol. The predicted octanol–water partition coefficient (Wildman–Crippen LogP) is 4.35. The maximum absolute atomic E-state index is 12.8. The van der Waals surface area contributed by atoms with Crippen molar-refractivity contribution in [1.82, 2.24) is 0 Å². The van der Waals surface area contributed by atoms with E-state index >= 15 is 0 Å². The molecule has 9 heteroatoms. The smallest absolute Gasteiger partial charge is 0.422 e. The molecular formula is C9H5BrClF4NO2. The van der Waals surface area contributed by atoms with Gasteiger partial charge in [-0.15, -0.1) is 0 Å². The second-order valence-corrected chi connectivity index (χ2v) is 4.32. The molecule has 0 atom stereocenters. The fourth-order valence-electron chi connectivity index (χ4n) is 0.947. The summed E-state index contributed by atoms with van der Waals surface area (Å²) >= 11 is 8.51. The lowest BCUT2D eigenvalue weighted by Gasteiger charge is -2.11. The van der Waals surface area contributed by atoms with Gasteiger partial charge in [-0.2, -0.15) is 13.2 Å². The minimum atomic E-state index is -4.62. The number of ether oxygens (including phenoxy) is 1. The summed E-state index contributed by atoms with van der Waals surface area (Å²) < 4.78 is 52.2. The van der Waals surface area contributed by atoms with Crippen LogP contribution in [0.1, 0.15) is 0 Å². The minimum Gasteiger partial charge on any atom is -0.440 e. The lowest BCUT2D eigenvalue weighted by Crippen LogP contribution is -2.23. The van der Waals surface area contributed by atoms with Crippen molar-refractivity contribution in [3.05, 3.63) is 27.4 Å². The summed E-state index contributed by atoms with van der Waals surface area (Å²) in [5, 5.41) is 1.80. The van der Waals surface area contributed by atoms with Gasteiger partial charge < -0.3 is 4.74 Å². The van der Waals surface area contributed by atoms with Crippen LogP contribution in [0.15, 0.2) is 16.6 Å². The third-order valence-corrected chi connectivity index (χ3v) is 2.52. The zero-order valence-corrected chi connectivity index (χ0v) is 10.8. The molecule has 0 bridgehead atoms. The molecule has 0 aliphatic carbocycles. The van der Waals surface area contributed by atoms with Gasteiger partial charge in [-0.1, -0.05) is 11.6 Å². The summed E-state index contributed by atoms with van der Waals surface area (Å²) in [7, 11) is 0. The molecule has 0 unspecified atom stereocenters. The lowest BCUT2D eigenvalue weighted by molar-refractivity contribution is -0.159. The van der Waals surface area contributed by atoms with Gasteiger partial charge in [0, 0.05) is 4.47 Å². The van der Waals surface area contributed by atoms with Gasteiger partial charge in [-0.25, -0.2) is 9.18 Å². The highest BCUT2D eigenvalue weighted by atomic mass is 79.9. The van der Waals surface area contributed by atoms with E-state index in [1.807, 2.05) is 5.32 Å². The van der Waals surface area contributed by atoms with Crippen molar-refractivity contribution in [2.45, 2.75) is 6.18 Å². The first-order valence-electron chi connectivity index (χ1n) is 4.34. The van der Waals surface area contributed by atoms with Gasteiger partial charge in [0.05, 0.1) is 10.7 Å². The number of rotatable bonds is 2. The number of nitrogens with one attached hydrogen (secondary N) is 1. The van der Waals surface area contributed by atoms with Crippen molar-refractivity contribution < 1.29 is 27.1 Å². The van der Waals surface area contributed by atoms with Gasteiger partial charge in [-0.3, -0.25) is 5.32 Å². The van der Waals surface area contributed by atoms with Crippen molar-refractivity contribution in [2.75, 3.05) is 11.9 Å². The molecule has 1 N–H and O–H groups in total. The highest BCUT2D eigenvalue weighted by molar-refractivity contribution is 9.10. The second-order valence-electron chi connectivity index (χ2n) is 3.06. The molecule has 0 spiro atoms. The number of carbonyl (C=O) groups excluding carboxylic acids is 1. The number of amides is 1. The largest absolute Gasteiger partial charge is 0.440 e. The number of anilines is 1.